The molecule has 0 N–H and O–H groups in total. The summed E-state index contributed by atoms with van der Waals surface area (Å²) in [5.74, 6) is 0. The average molecular weight is 272 g/mol. The second-order valence-electron chi connectivity index (χ2n) is 6.84. The van der Waals surface area contributed by atoms with Crippen LogP contribution in [-0.4, -0.2) is 31.7 Å². The minimum atomic E-state index is -0.812. The molecule has 0 saturated carbocycles. The van der Waals surface area contributed by atoms with Gasteiger partial charge in [0.25, 0.3) is 0 Å². The Kier molecular flexibility index (Phi) is 3.82. The molecule has 1 aliphatic heterocycles. The van der Waals surface area contributed by atoms with Gasteiger partial charge in [0.15, 0.2) is 0 Å². The van der Waals surface area contributed by atoms with Crippen molar-refractivity contribution in [3.05, 3.63) is 11.5 Å². The van der Waals surface area contributed by atoms with E-state index < -0.39 is 18.8 Å². The first-order valence-corrected chi connectivity index (χ1v) is 6.92. The summed E-state index contributed by atoms with van der Waals surface area (Å²) in [6, 6.07) is 0. The van der Waals surface area contributed by atoms with Gasteiger partial charge in [0.2, 0.25) is 0 Å². The predicted octanol–water partition coefficient (Wildman–Crippen LogP) is 3.65. The molecule has 0 unspecified atom stereocenters. The monoisotopic (exact) mass is 272 g/mol. The lowest BCUT2D eigenvalue weighted by atomic mass is 9.66. The van der Waals surface area contributed by atoms with Crippen molar-refractivity contribution >= 4 is 7.12 Å². The minimum absolute atomic E-state index is 0.368. The molecule has 0 aromatic rings. The zero-order valence-corrected chi connectivity index (χ0v) is 12.3. The Morgan fingerprint density at radius 3 is 2.00 bits per heavy atom. The van der Waals surface area contributed by atoms with Gasteiger partial charge in [0.05, 0.1) is 24.6 Å². The van der Waals surface area contributed by atoms with Crippen molar-refractivity contribution in [3.63, 3.8) is 0 Å². The molecule has 0 spiro atoms. The summed E-state index contributed by atoms with van der Waals surface area (Å²) in [6.45, 7) is 6.81. The molecule has 2 nitrogen and oxygen atoms in total. The molecule has 19 heavy (non-hydrogen) atoms. The average Bonchev–Trinajstić information content (AvgIpc) is 2.58. The van der Waals surface area contributed by atoms with Gasteiger partial charge in [0.1, 0.15) is 0 Å². The van der Waals surface area contributed by atoms with Crippen LogP contribution in [0.25, 0.3) is 0 Å². The SMILES string of the molecule is CC1(C)OB(C2=CCC(CF)(CF)CC2)OC1(C)C. The highest BCUT2D eigenvalue weighted by Gasteiger charge is 2.52. The molecule has 5 heteroatoms. The fourth-order valence-corrected chi connectivity index (χ4v) is 2.45. The molecule has 1 fully saturated rings. The third-order valence-electron chi connectivity index (χ3n) is 4.86. The van der Waals surface area contributed by atoms with Gasteiger partial charge >= 0.3 is 7.12 Å². The van der Waals surface area contributed by atoms with E-state index in [-0.39, 0.29) is 18.3 Å². The van der Waals surface area contributed by atoms with Crippen molar-refractivity contribution in [2.45, 2.75) is 58.2 Å². The third-order valence-corrected chi connectivity index (χ3v) is 4.86. The van der Waals surface area contributed by atoms with Crippen molar-refractivity contribution < 1.29 is 18.1 Å². The van der Waals surface area contributed by atoms with E-state index in [0.717, 1.165) is 5.47 Å². The number of allylic oxidation sites excluding steroid dienone is 2. The second kappa shape index (κ2) is 4.85. The molecule has 0 radical (unpaired) electrons. The fourth-order valence-electron chi connectivity index (χ4n) is 2.45. The number of halogens is 2. The van der Waals surface area contributed by atoms with Gasteiger partial charge < -0.3 is 9.31 Å². The van der Waals surface area contributed by atoms with Gasteiger partial charge in [-0.25, -0.2) is 0 Å². The number of hydrogen-bond acceptors (Lipinski definition) is 2. The van der Waals surface area contributed by atoms with Crippen LogP contribution < -0.4 is 0 Å². The Bertz CT molecular complexity index is 360. The first-order chi connectivity index (χ1) is 8.75. The van der Waals surface area contributed by atoms with Gasteiger partial charge in [-0.1, -0.05) is 6.08 Å². The summed E-state index contributed by atoms with van der Waals surface area (Å²) in [5, 5.41) is 0. The van der Waals surface area contributed by atoms with Crippen LogP contribution in [0.3, 0.4) is 0 Å². The lowest BCUT2D eigenvalue weighted by Gasteiger charge is -2.32. The van der Waals surface area contributed by atoms with Crippen LogP contribution in [0.5, 0.6) is 0 Å². The molecule has 2 rings (SSSR count). The zero-order chi connectivity index (χ0) is 14.3. The fraction of sp³-hybridized carbons (Fsp3) is 0.857. The Morgan fingerprint density at radius 1 is 1.11 bits per heavy atom. The Labute approximate surface area is 114 Å². The topological polar surface area (TPSA) is 18.5 Å². The molecule has 0 bridgehead atoms. The largest absolute Gasteiger partial charge is 0.490 e. The Morgan fingerprint density at radius 2 is 1.63 bits per heavy atom. The lowest BCUT2D eigenvalue weighted by Crippen LogP contribution is -2.41. The number of rotatable bonds is 3. The lowest BCUT2D eigenvalue weighted by molar-refractivity contribution is 0.00578. The molecule has 0 atom stereocenters. The maximum atomic E-state index is 13.0. The summed E-state index contributed by atoms with van der Waals surface area (Å²) in [5.41, 5.74) is -0.524. The summed E-state index contributed by atoms with van der Waals surface area (Å²) >= 11 is 0. The maximum absolute atomic E-state index is 13.0. The van der Waals surface area contributed by atoms with Gasteiger partial charge in [0, 0.05) is 5.41 Å². The van der Waals surface area contributed by atoms with Crippen LogP contribution in [0.4, 0.5) is 8.78 Å². The molecule has 0 amide bonds. The third kappa shape index (κ3) is 2.59. The van der Waals surface area contributed by atoms with E-state index in [0.29, 0.717) is 19.3 Å². The van der Waals surface area contributed by atoms with Gasteiger partial charge in [-0.05, 0) is 52.4 Å². The normalized spacial score (nSPS) is 28.3. The molecule has 0 aromatic heterocycles. The first kappa shape index (κ1) is 15.0. The van der Waals surface area contributed by atoms with Crippen LogP contribution >= 0.6 is 0 Å². The number of alkyl halides is 2. The van der Waals surface area contributed by atoms with Gasteiger partial charge in [-0.15, -0.1) is 0 Å². The highest BCUT2D eigenvalue weighted by Crippen LogP contribution is 2.43. The van der Waals surface area contributed by atoms with E-state index in [1.54, 1.807) is 0 Å². The van der Waals surface area contributed by atoms with E-state index in [1.807, 2.05) is 33.8 Å². The summed E-state index contributed by atoms with van der Waals surface area (Å²) < 4.78 is 37.8. The molecule has 1 heterocycles. The molecular weight excluding hydrogens is 249 g/mol. The van der Waals surface area contributed by atoms with Crippen molar-refractivity contribution in [2.24, 2.45) is 5.41 Å². The predicted molar refractivity (Wildman–Crippen MR) is 72.4 cm³/mol. The molecule has 1 saturated heterocycles. The first-order valence-electron chi connectivity index (χ1n) is 6.92. The van der Waals surface area contributed by atoms with Gasteiger partial charge in [-0.2, -0.15) is 0 Å². The highest BCUT2D eigenvalue weighted by atomic mass is 19.1. The van der Waals surface area contributed by atoms with Crippen molar-refractivity contribution in [1.29, 1.82) is 0 Å². The van der Waals surface area contributed by atoms with Crippen molar-refractivity contribution in [1.82, 2.24) is 0 Å². The zero-order valence-electron chi connectivity index (χ0n) is 12.3. The van der Waals surface area contributed by atoms with Crippen LogP contribution in [0.1, 0.15) is 47.0 Å². The van der Waals surface area contributed by atoms with E-state index in [1.165, 1.54) is 0 Å². The van der Waals surface area contributed by atoms with Crippen LogP contribution in [-0.2, 0) is 9.31 Å². The maximum Gasteiger partial charge on any atom is 0.490 e. The van der Waals surface area contributed by atoms with Crippen molar-refractivity contribution in [3.8, 4) is 0 Å². The van der Waals surface area contributed by atoms with Crippen LogP contribution in [0, 0.1) is 5.41 Å². The quantitative estimate of drug-likeness (QED) is 0.730. The highest BCUT2D eigenvalue weighted by molar-refractivity contribution is 6.54. The second-order valence-corrected chi connectivity index (χ2v) is 6.84. The molecule has 108 valence electrons. The van der Waals surface area contributed by atoms with Gasteiger partial charge in [-0.3, -0.25) is 8.78 Å². The minimum Gasteiger partial charge on any atom is -0.400 e. The summed E-state index contributed by atoms with van der Waals surface area (Å²) in [7, 11) is -0.373. The van der Waals surface area contributed by atoms with Crippen LogP contribution in [0.15, 0.2) is 11.5 Å². The Hall–Kier alpha value is -0.415. The molecule has 2 aliphatic rings. The van der Waals surface area contributed by atoms with E-state index in [9.17, 15) is 8.78 Å². The standard InChI is InChI=1S/C14H23BF2O2/c1-12(2)13(3,4)19-15(18-12)11-5-7-14(9-16,10-17)8-6-11/h5H,6-10H2,1-4H3. The van der Waals surface area contributed by atoms with Crippen molar-refractivity contribution in [2.75, 3.05) is 13.3 Å². The smallest absolute Gasteiger partial charge is 0.400 e. The van der Waals surface area contributed by atoms with E-state index in [2.05, 4.69) is 0 Å². The summed E-state index contributed by atoms with van der Waals surface area (Å²) in [4.78, 5) is 0. The van der Waals surface area contributed by atoms with E-state index >= 15 is 0 Å². The van der Waals surface area contributed by atoms with E-state index in [4.69, 9.17) is 9.31 Å². The summed E-state index contributed by atoms with van der Waals surface area (Å²) in [6.07, 6.45) is 3.50. The molecular formula is C14H23BF2O2. The molecule has 1 aliphatic carbocycles. The number of hydrogen-bond donors (Lipinski definition) is 0. The van der Waals surface area contributed by atoms with Crippen LogP contribution in [0.2, 0.25) is 0 Å². The Balaban J connectivity index is 2.09. The molecule has 0 aromatic carbocycles.